The Hall–Kier alpha value is -0.820. The molecule has 0 aromatic heterocycles. The SMILES string of the molecule is CC(C#C[C@]1(O)[C@H](C)C[C@@H](O)CC1(C)C)=CCO. The smallest absolute Gasteiger partial charge is 0.133 e. The Balaban J connectivity index is 3.05. The zero-order chi connectivity index (χ0) is 14.0. The molecule has 3 nitrogen and oxygen atoms in total. The number of hydrogen-bond donors (Lipinski definition) is 3. The number of rotatable bonds is 1. The van der Waals surface area contributed by atoms with E-state index in [1.54, 1.807) is 6.08 Å². The maximum Gasteiger partial charge on any atom is 0.133 e. The second-order valence-electron chi connectivity index (χ2n) is 5.96. The fourth-order valence-electron chi connectivity index (χ4n) is 2.75. The van der Waals surface area contributed by atoms with Gasteiger partial charge in [-0.25, -0.2) is 0 Å². The van der Waals surface area contributed by atoms with Crippen LogP contribution in [0.3, 0.4) is 0 Å². The van der Waals surface area contributed by atoms with E-state index < -0.39 is 11.0 Å². The van der Waals surface area contributed by atoms with Crippen LogP contribution in [-0.4, -0.2) is 33.6 Å². The van der Waals surface area contributed by atoms with Gasteiger partial charge in [-0.05, 0) is 37.3 Å². The first-order valence-corrected chi connectivity index (χ1v) is 6.44. The zero-order valence-electron chi connectivity index (χ0n) is 11.7. The minimum Gasteiger partial charge on any atom is -0.393 e. The molecule has 0 aromatic rings. The molecule has 1 aliphatic rings. The topological polar surface area (TPSA) is 60.7 Å². The molecule has 1 saturated carbocycles. The normalized spacial score (nSPS) is 35.8. The fourth-order valence-corrected chi connectivity index (χ4v) is 2.75. The molecule has 1 aliphatic carbocycles. The van der Waals surface area contributed by atoms with Crippen LogP contribution in [0, 0.1) is 23.2 Å². The summed E-state index contributed by atoms with van der Waals surface area (Å²) in [5.41, 5.74) is -0.798. The van der Waals surface area contributed by atoms with E-state index in [0.717, 1.165) is 5.57 Å². The van der Waals surface area contributed by atoms with Crippen molar-refractivity contribution < 1.29 is 15.3 Å². The first kappa shape index (κ1) is 15.2. The van der Waals surface area contributed by atoms with E-state index in [1.165, 1.54) is 0 Å². The summed E-state index contributed by atoms with van der Waals surface area (Å²) in [7, 11) is 0. The van der Waals surface area contributed by atoms with Crippen molar-refractivity contribution in [2.24, 2.45) is 11.3 Å². The Morgan fingerprint density at radius 3 is 2.56 bits per heavy atom. The Bertz CT molecular complexity index is 386. The second kappa shape index (κ2) is 5.44. The molecule has 0 heterocycles. The van der Waals surface area contributed by atoms with E-state index in [-0.39, 0.29) is 18.6 Å². The predicted molar refractivity (Wildman–Crippen MR) is 71.8 cm³/mol. The van der Waals surface area contributed by atoms with Gasteiger partial charge in [0.25, 0.3) is 0 Å². The van der Waals surface area contributed by atoms with Crippen LogP contribution in [0.5, 0.6) is 0 Å². The van der Waals surface area contributed by atoms with Gasteiger partial charge in [-0.15, -0.1) is 0 Å². The lowest BCUT2D eigenvalue weighted by atomic mass is 9.60. The minimum atomic E-state index is -1.10. The molecule has 3 atom stereocenters. The Morgan fingerprint density at radius 1 is 1.44 bits per heavy atom. The number of allylic oxidation sites excluding steroid dienone is 1. The highest BCUT2D eigenvalue weighted by atomic mass is 16.3. The van der Waals surface area contributed by atoms with Gasteiger partial charge >= 0.3 is 0 Å². The van der Waals surface area contributed by atoms with Crippen molar-refractivity contribution in [1.29, 1.82) is 0 Å². The molecule has 18 heavy (non-hydrogen) atoms. The quantitative estimate of drug-likeness (QED) is 0.619. The van der Waals surface area contributed by atoms with Crippen molar-refractivity contribution >= 4 is 0 Å². The van der Waals surface area contributed by atoms with Crippen molar-refractivity contribution in [3.05, 3.63) is 11.6 Å². The third-order valence-electron chi connectivity index (χ3n) is 3.96. The summed E-state index contributed by atoms with van der Waals surface area (Å²) in [5.74, 6) is 5.79. The van der Waals surface area contributed by atoms with Crippen molar-refractivity contribution in [3.63, 3.8) is 0 Å². The maximum absolute atomic E-state index is 10.8. The molecule has 0 aliphatic heterocycles. The summed E-state index contributed by atoms with van der Waals surface area (Å²) in [6.07, 6.45) is 2.36. The Kier molecular flexibility index (Phi) is 4.61. The molecule has 3 heteroatoms. The lowest BCUT2D eigenvalue weighted by Gasteiger charge is -2.48. The van der Waals surface area contributed by atoms with Gasteiger partial charge in [-0.2, -0.15) is 0 Å². The predicted octanol–water partition coefficient (Wildman–Crippen LogP) is 1.48. The molecule has 1 fully saturated rings. The highest BCUT2D eigenvalue weighted by molar-refractivity contribution is 5.33. The highest BCUT2D eigenvalue weighted by Crippen LogP contribution is 2.46. The molecular weight excluding hydrogens is 228 g/mol. The highest BCUT2D eigenvalue weighted by Gasteiger charge is 2.51. The molecule has 0 saturated heterocycles. The number of aliphatic hydroxyl groups is 3. The lowest BCUT2D eigenvalue weighted by molar-refractivity contribution is -0.121. The molecule has 0 unspecified atom stereocenters. The first-order valence-electron chi connectivity index (χ1n) is 6.44. The van der Waals surface area contributed by atoms with Crippen molar-refractivity contribution in [3.8, 4) is 11.8 Å². The van der Waals surface area contributed by atoms with E-state index in [0.29, 0.717) is 12.8 Å². The van der Waals surface area contributed by atoms with Crippen molar-refractivity contribution in [2.45, 2.75) is 52.2 Å². The molecule has 0 spiro atoms. The van der Waals surface area contributed by atoms with Crippen LogP contribution in [0.1, 0.15) is 40.5 Å². The fraction of sp³-hybridized carbons (Fsp3) is 0.733. The Labute approximate surface area is 110 Å². The van der Waals surface area contributed by atoms with E-state index in [4.69, 9.17) is 5.11 Å². The third kappa shape index (κ3) is 2.95. The molecule has 0 amide bonds. The molecule has 1 rings (SSSR count). The average Bonchev–Trinajstić information content (AvgIpc) is 2.23. The van der Waals surface area contributed by atoms with Gasteiger partial charge in [0.05, 0.1) is 12.7 Å². The van der Waals surface area contributed by atoms with Gasteiger partial charge in [0.1, 0.15) is 5.60 Å². The molecule has 3 N–H and O–H groups in total. The van der Waals surface area contributed by atoms with Gasteiger partial charge in [-0.3, -0.25) is 0 Å². The molecule has 0 aromatic carbocycles. The minimum absolute atomic E-state index is 0.0450. The van der Waals surface area contributed by atoms with Crippen LogP contribution < -0.4 is 0 Å². The van der Waals surface area contributed by atoms with Crippen LogP contribution >= 0.6 is 0 Å². The standard InChI is InChI=1S/C15H24O3/c1-11(6-8-16)5-7-15(18)12(2)9-13(17)10-14(15,3)4/h6,12-13,16-18H,8-10H2,1-4H3/t12-,13-,15+/m1/s1. The molecule has 102 valence electrons. The number of hydrogen-bond acceptors (Lipinski definition) is 3. The second-order valence-corrected chi connectivity index (χ2v) is 5.96. The van der Waals surface area contributed by atoms with Crippen LogP contribution in [-0.2, 0) is 0 Å². The summed E-state index contributed by atoms with van der Waals surface area (Å²) in [5, 5.41) is 29.4. The molecule has 0 bridgehead atoms. The summed E-state index contributed by atoms with van der Waals surface area (Å²) in [6, 6.07) is 0. The first-order chi connectivity index (χ1) is 8.23. The summed E-state index contributed by atoms with van der Waals surface area (Å²) < 4.78 is 0. The largest absolute Gasteiger partial charge is 0.393 e. The monoisotopic (exact) mass is 252 g/mol. The van der Waals surface area contributed by atoms with Gasteiger partial charge in [0, 0.05) is 5.41 Å². The van der Waals surface area contributed by atoms with Crippen LogP contribution in [0.25, 0.3) is 0 Å². The Morgan fingerprint density at radius 2 is 2.06 bits per heavy atom. The van der Waals surface area contributed by atoms with Gasteiger partial charge in [0.2, 0.25) is 0 Å². The van der Waals surface area contributed by atoms with E-state index in [2.05, 4.69) is 11.8 Å². The van der Waals surface area contributed by atoms with Gasteiger partial charge in [0.15, 0.2) is 0 Å². The maximum atomic E-state index is 10.8. The van der Waals surface area contributed by atoms with Crippen LogP contribution in [0.2, 0.25) is 0 Å². The molecular formula is C15H24O3. The van der Waals surface area contributed by atoms with Gasteiger partial charge in [-0.1, -0.05) is 32.6 Å². The number of aliphatic hydroxyl groups excluding tert-OH is 2. The van der Waals surface area contributed by atoms with Crippen LogP contribution in [0.15, 0.2) is 11.6 Å². The average molecular weight is 252 g/mol. The summed E-state index contributed by atoms with van der Waals surface area (Å²) in [4.78, 5) is 0. The third-order valence-corrected chi connectivity index (χ3v) is 3.96. The van der Waals surface area contributed by atoms with E-state index >= 15 is 0 Å². The summed E-state index contributed by atoms with van der Waals surface area (Å²) >= 11 is 0. The van der Waals surface area contributed by atoms with Crippen molar-refractivity contribution in [1.82, 2.24) is 0 Å². The van der Waals surface area contributed by atoms with Crippen LogP contribution in [0.4, 0.5) is 0 Å². The van der Waals surface area contributed by atoms with E-state index in [1.807, 2.05) is 27.7 Å². The zero-order valence-corrected chi connectivity index (χ0v) is 11.7. The lowest BCUT2D eigenvalue weighted by Crippen LogP contribution is -2.54. The summed E-state index contributed by atoms with van der Waals surface area (Å²) in [6.45, 7) is 7.56. The van der Waals surface area contributed by atoms with E-state index in [9.17, 15) is 10.2 Å². The van der Waals surface area contributed by atoms with Gasteiger partial charge < -0.3 is 15.3 Å². The molecule has 0 radical (unpaired) electrons. The van der Waals surface area contributed by atoms with Crippen molar-refractivity contribution in [2.75, 3.05) is 6.61 Å².